The molecule has 1 N–H and O–H groups in total. The lowest BCUT2D eigenvalue weighted by molar-refractivity contribution is -0.231. The molecule has 3 aliphatic heterocycles. The standard InChI is InChI=1S/C20H27N3O3/c24-19-5-2-10-23(21-19)17-6-7-18-15(13-17)14-25-20(26-18)8-11-22(12-9-20)16-3-1-4-16/h6-7,13,16H,1-5,8-12,14H2,(H,21,24). The highest BCUT2D eigenvalue weighted by Gasteiger charge is 2.42. The number of anilines is 1. The first-order valence-corrected chi connectivity index (χ1v) is 9.98. The number of nitrogens with zero attached hydrogens (tertiary/aromatic N) is 2. The van der Waals surface area contributed by atoms with Crippen molar-refractivity contribution in [1.29, 1.82) is 0 Å². The number of fused-ring (bicyclic) bond motifs is 1. The zero-order valence-electron chi connectivity index (χ0n) is 15.2. The smallest absolute Gasteiger partial charge is 0.238 e. The number of hydrogen-bond donors (Lipinski definition) is 1. The van der Waals surface area contributed by atoms with Gasteiger partial charge in [0.15, 0.2) is 0 Å². The Morgan fingerprint density at radius 3 is 2.69 bits per heavy atom. The van der Waals surface area contributed by atoms with Gasteiger partial charge in [-0.1, -0.05) is 6.42 Å². The third-order valence-electron chi connectivity index (χ3n) is 6.34. The van der Waals surface area contributed by atoms with Crippen LogP contribution in [-0.2, 0) is 16.1 Å². The highest BCUT2D eigenvalue weighted by molar-refractivity contribution is 5.79. The summed E-state index contributed by atoms with van der Waals surface area (Å²) in [5.41, 5.74) is 4.99. The number of nitrogens with one attached hydrogen (secondary N) is 1. The van der Waals surface area contributed by atoms with Gasteiger partial charge >= 0.3 is 0 Å². The lowest BCUT2D eigenvalue weighted by Gasteiger charge is -2.47. The molecular weight excluding hydrogens is 330 g/mol. The first kappa shape index (κ1) is 16.4. The third kappa shape index (κ3) is 2.95. The van der Waals surface area contributed by atoms with E-state index in [2.05, 4.69) is 16.4 Å². The number of rotatable bonds is 2. The molecule has 0 radical (unpaired) electrons. The van der Waals surface area contributed by atoms with Crippen LogP contribution >= 0.6 is 0 Å². The van der Waals surface area contributed by atoms with Crippen LogP contribution in [0.15, 0.2) is 18.2 Å². The molecule has 6 nitrogen and oxygen atoms in total. The number of hydrazine groups is 1. The van der Waals surface area contributed by atoms with Crippen LogP contribution in [-0.4, -0.2) is 42.3 Å². The predicted octanol–water partition coefficient (Wildman–Crippen LogP) is 2.57. The van der Waals surface area contributed by atoms with Crippen LogP contribution in [0.2, 0.25) is 0 Å². The Bertz CT molecular complexity index is 696. The molecule has 0 aromatic heterocycles. The Hall–Kier alpha value is -1.79. The second kappa shape index (κ2) is 6.43. The van der Waals surface area contributed by atoms with E-state index in [4.69, 9.17) is 9.47 Å². The molecule has 4 aliphatic rings. The van der Waals surface area contributed by atoms with Crippen LogP contribution in [0.3, 0.4) is 0 Å². The zero-order chi connectivity index (χ0) is 17.6. The molecule has 2 saturated heterocycles. The minimum atomic E-state index is -0.450. The summed E-state index contributed by atoms with van der Waals surface area (Å²) in [6.07, 6.45) is 7.46. The van der Waals surface area contributed by atoms with E-state index < -0.39 is 5.79 Å². The molecule has 1 aromatic rings. The molecule has 1 saturated carbocycles. The minimum absolute atomic E-state index is 0.0821. The summed E-state index contributed by atoms with van der Waals surface area (Å²) < 4.78 is 12.6. The number of likely N-dealkylation sites (tertiary alicyclic amines) is 1. The Labute approximate surface area is 154 Å². The molecule has 3 fully saturated rings. The summed E-state index contributed by atoms with van der Waals surface area (Å²) in [4.78, 5) is 14.2. The minimum Gasteiger partial charge on any atom is -0.462 e. The zero-order valence-corrected chi connectivity index (χ0v) is 15.2. The number of carbonyl (C=O) groups excluding carboxylic acids is 1. The lowest BCUT2D eigenvalue weighted by Crippen LogP contribution is -2.54. The Kier molecular flexibility index (Phi) is 4.05. The van der Waals surface area contributed by atoms with Gasteiger partial charge in [0, 0.05) is 50.5 Å². The molecule has 0 atom stereocenters. The maximum absolute atomic E-state index is 11.6. The quantitative estimate of drug-likeness (QED) is 0.882. The van der Waals surface area contributed by atoms with Crippen LogP contribution in [0.5, 0.6) is 5.75 Å². The summed E-state index contributed by atoms with van der Waals surface area (Å²) in [6.45, 7) is 3.55. The average Bonchev–Trinajstić information content (AvgIpc) is 2.62. The van der Waals surface area contributed by atoms with Crippen LogP contribution < -0.4 is 15.2 Å². The maximum atomic E-state index is 11.6. The highest BCUT2D eigenvalue weighted by Crippen LogP contribution is 2.40. The van der Waals surface area contributed by atoms with Gasteiger partial charge in [0.1, 0.15) is 5.75 Å². The van der Waals surface area contributed by atoms with Crippen molar-refractivity contribution in [1.82, 2.24) is 10.3 Å². The Morgan fingerprint density at radius 2 is 1.96 bits per heavy atom. The normalized spacial score (nSPS) is 26.0. The van der Waals surface area contributed by atoms with E-state index in [1.54, 1.807) is 0 Å². The van der Waals surface area contributed by atoms with E-state index in [1.807, 2.05) is 17.1 Å². The van der Waals surface area contributed by atoms with Gasteiger partial charge in [-0.2, -0.15) is 0 Å². The van der Waals surface area contributed by atoms with Crippen molar-refractivity contribution in [3.05, 3.63) is 23.8 Å². The van der Waals surface area contributed by atoms with Crippen molar-refractivity contribution >= 4 is 11.6 Å². The molecule has 6 heteroatoms. The number of ether oxygens (including phenoxy) is 2. The third-order valence-corrected chi connectivity index (χ3v) is 6.34. The molecule has 1 aliphatic carbocycles. The molecule has 3 heterocycles. The van der Waals surface area contributed by atoms with E-state index in [1.165, 1.54) is 19.3 Å². The van der Waals surface area contributed by atoms with Gasteiger partial charge < -0.3 is 9.47 Å². The van der Waals surface area contributed by atoms with Crippen LogP contribution in [0, 0.1) is 0 Å². The molecule has 0 bridgehead atoms. The number of piperidine rings is 1. The summed E-state index contributed by atoms with van der Waals surface area (Å²) in [6, 6.07) is 6.95. The monoisotopic (exact) mass is 357 g/mol. The second-order valence-corrected chi connectivity index (χ2v) is 8.00. The van der Waals surface area contributed by atoms with E-state index >= 15 is 0 Å². The molecule has 5 rings (SSSR count). The number of carbonyl (C=O) groups is 1. The Morgan fingerprint density at radius 1 is 1.12 bits per heavy atom. The molecular formula is C20H27N3O3. The molecule has 1 aromatic carbocycles. The van der Waals surface area contributed by atoms with Crippen molar-refractivity contribution in [2.45, 2.75) is 63.4 Å². The van der Waals surface area contributed by atoms with Crippen molar-refractivity contribution < 1.29 is 14.3 Å². The van der Waals surface area contributed by atoms with E-state index in [-0.39, 0.29) is 5.91 Å². The summed E-state index contributed by atoms with van der Waals surface area (Å²) in [5, 5.41) is 1.92. The van der Waals surface area contributed by atoms with E-state index in [0.29, 0.717) is 13.0 Å². The van der Waals surface area contributed by atoms with Crippen LogP contribution in [0.4, 0.5) is 5.69 Å². The largest absolute Gasteiger partial charge is 0.462 e. The fraction of sp³-hybridized carbons (Fsp3) is 0.650. The van der Waals surface area contributed by atoms with Crippen molar-refractivity contribution in [2.75, 3.05) is 24.6 Å². The van der Waals surface area contributed by atoms with Crippen LogP contribution in [0.1, 0.15) is 50.5 Å². The summed E-state index contributed by atoms with van der Waals surface area (Å²) in [5.74, 6) is 0.563. The van der Waals surface area contributed by atoms with Crippen molar-refractivity contribution in [3.63, 3.8) is 0 Å². The first-order valence-electron chi connectivity index (χ1n) is 9.98. The molecule has 0 unspecified atom stereocenters. The van der Waals surface area contributed by atoms with Gasteiger partial charge in [-0.05, 0) is 37.5 Å². The molecule has 1 amide bonds. The van der Waals surface area contributed by atoms with Gasteiger partial charge in [-0.15, -0.1) is 0 Å². The van der Waals surface area contributed by atoms with Gasteiger partial charge in [-0.3, -0.25) is 20.1 Å². The van der Waals surface area contributed by atoms with Gasteiger partial charge in [0.05, 0.1) is 12.3 Å². The summed E-state index contributed by atoms with van der Waals surface area (Å²) in [7, 11) is 0. The first-order chi connectivity index (χ1) is 12.7. The predicted molar refractivity (Wildman–Crippen MR) is 97.8 cm³/mol. The highest BCUT2D eigenvalue weighted by atomic mass is 16.7. The number of amides is 1. The van der Waals surface area contributed by atoms with Crippen molar-refractivity contribution in [2.24, 2.45) is 0 Å². The maximum Gasteiger partial charge on any atom is 0.238 e. The molecule has 26 heavy (non-hydrogen) atoms. The van der Waals surface area contributed by atoms with Gasteiger partial charge in [0.2, 0.25) is 11.7 Å². The topological polar surface area (TPSA) is 54.0 Å². The number of benzene rings is 1. The molecule has 140 valence electrons. The molecule has 1 spiro atoms. The SMILES string of the molecule is O=C1CCCN(c2ccc3c(c2)COC2(CCN(C4CCC4)CC2)O3)N1. The van der Waals surface area contributed by atoms with Gasteiger partial charge in [0.25, 0.3) is 0 Å². The fourth-order valence-electron chi connectivity index (χ4n) is 4.47. The van der Waals surface area contributed by atoms with E-state index in [0.717, 1.165) is 61.9 Å². The van der Waals surface area contributed by atoms with Gasteiger partial charge in [-0.25, -0.2) is 0 Å². The fourth-order valence-corrected chi connectivity index (χ4v) is 4.47. The Balaban J connectivity index is 1.27. The van der Waals surface area contributed by atoms with Crippen LogP contribution in [0.25, 0.3) is 0 Å². The summed E-state index contributed by atoms with van der Waals surface area (Å²) >= 11 is 0. The lowest BCUT2D eigenvalue weighted by atomic mass is 9.89. The van der Waals surface area contributed by atoms with Crippen molar-refractivity contribution in [3.8, 4) is 5.75 Å². The average molecular weight is 357 g/mol. The second-order valence-electron chi connectivity index (χ2n) is 8.00. The number of hydrogen-bond acceptors (Lipinski definition) is 5. The van der Waals surface area contributed by atoms with E-state index in [9.17, 15) is 4.79 Å².